The van der Waals surface area contributed by atoms with E-state index >= 15 is 9.59 Å². The number of nitrogens with two attached hydrogens (primary N) is 2. The van der Waals surface area contributed by atoms with Gasteiger partial charge < -0.3 is 83.6 Å². The van der Waals surface area contributed by atoms with Crippen molar-refractivity contribution in [1.29, 1.82) is 0 Å². The van der Waals surface area contributed by atoms with Crippen LogP contribution in [0.4, 0.5) is 9.59 Å². The van der Waals surface area contributed by atoms with Crippen molar-refractivity contribution >= 4 is 88.1 Å². The number of fused-ring (bicyclic) bond motifs is 1. The minimum absolute atomic E-state index is 0.111. The van der Waals surface area contributed by atoms with E-state index in [9.17, 15) is 52.7 Å². The molecule has 0 fully saturated rings. The average Bonchev–Trinajstić information content (AvgIpc) is 1.66. The van der Waals surface area contributed by atoms with Gasteiger partial charge in [-0.1, -0.05) is 123 Å². The summed E-state index contributed by atoms with van der Waals surface area (Å²) in [5.41, 5.74) is 10.2. The molecule has 14 N–H and O–H groups in total. The third kappa shape index (κ3) is 29.6. The van der Waals surface area contributed by atoms with E-state index in [0.29, 0.717) is 33.2 Å². The molecule has 0 saturated heterocycles. The average molecular weight is 1490 g/mol. The molecule has 5 aromatic rings. The second kappa shape index (κ2) is 39.0. The Hall–Kier alpha value is -10.8. The van der Waals surface area contributed by atoms with Crippen molar-refractivity contribution in [2.45, 2.75) is 225 Å². The van der Waals surface area contributed by atoms with Gasteiger partial charge >= 0.3 is 12.2 Å². The molecule has 12 amide bonds. The Morgan fingerprint density at radius 1 is 0.393 bits per heavy atom. The third-order valence-electron chi connectivity index (χ3n) is 16.0. The molecule has 0 saturated carbocycles. The van der Waals surface area contributed by atoms with Crippen LogP contribution < -0.4 is 64.6 Å². The Labute approximate surface area is 624 Å². The zero-order chi connectivity index (χ0) is 79.9. The number of nitrogens with one attached hydrogen (secondary N) is 10. The first-order valence-electron chi connectivity index (χ1n) is 35.4. The number of alkyl carbamates (subject to hydrolysis) is 1. The summed E-state index contributed by atoms with van der Waals surface area (Å²) in [6.07, 6.45) is -3.68. The molecule has 1 aromatic heterocycles. The molecule has 4 aromatic carbocycles. The van der Waals surface area contributed by atoms with E-state index < -0.39 is 185 Å². The second-order valence-electron chi connectivity index (χ2n) is 30.4. The van der Waals surface area contributed by atoms with Crippen molar-refractivity contribution in [2.75, 3.05) is 13.7 Å². The Kier molecular flexibility index (Phi) is 31.7. The van der Waals surface area contributed by atoms with Gasteiger partial charge in [0.15, 0.2) is 0 Å². The maximum Gasteiger partial charge on any atom is 0.419 e. The zero-order valence-electron chi connectivity index (χ0n) is 63.9. The van der Waals surface area contributed by atoms with Gasteiger partial charge in [0.25, 0.3) is 0 Å². The third-order valence-corrected chi connectivity index (χ3v) is 16.0. The smallest absolute Gasteiger partial charge is 0.419 e. The van der Waals surface area contributed by atoms with Gasteiger partial charge in [0.1, 0.15) is 65.6 Å². The lowest BCUT2D eigenvalue weighted by atomic mass is 10.00. The molecule has 0 aliphatic heterocycles. The Balaban J connectivity index is 1.44. The van der Waals surface area contributed by atoms with Gasteiger partial charge in [0.2, 0.25) is 65.0 Å². The monoisotopic (exact) mass is 1490 g/mol. The molecule has 0 bridgehead atoms. The van der Waals surface area contributed by atoms with Gasteiger partial charge in [-0.3, -0.25) is 57.3 Å². The fraction of sp³-hybridized carbons (Fsp3) is 0.494. The van der Waals surface area contributed by atoms with E-state index in [-0.39, 0.29) is 25.7 Å². The lowest BCUT2D eigenvalue weighted by Crippen LogP contribution is -2.64. The van der Waals surface area contributed by atoms with Crippen LogP contribution in [0.2, 0.25) is 0 Å². The predicted molar refractivity (Wildman–Crippen MR) is 399 cm³/mol. The van der Waals surface area contributed by atoms with Gasteiger partial charge in [-0.2, -0.15) is 0 Å². The number of rotatable bonds is 35. The van der Waals surface area contributed by atoms with E-state index in [1.807, 2.05) is 0 Å². The number of primary amides is 2. The van der Waals surface area contributed by atoms with E-state index in [1.165, 1.54) is 18.5 Å². The van der Waals surface area contributed by atoms with Crippen molar-refractivity contribution in [3.8, 4) is 0 Å². The molecule has 1 heterocycles. The van der Waals surface area contributed by atoms with Crippen LogP contribution in [0.3, 0.4) is 0 Å². The highest BCUT2D eigenvalue weighted by Crippen LogP contribution is 2.25. The van der Waals surface area contributed by atoms with E-state index in [1.54, 1.807) is 218 Å². The molecule has 2 unspecified atom stereocenters. The number of hydrogen-bond donors (Lipinski definition) is 12. The van der Waals surface area contributed by atoms with Crippen LogP contribution in [0.25, 0.3) is 10.9 Å². The first-order valence-corrected chi connectivity index (χ1v) is 35.4. The summed E-state index contributed by atoms with van der Waals surface area (Å²) in [5, 5.41) is 26.7. The number of aromatic nitrogens is 1. The normalized spacial score (nSPS) is 14.6. The summed E-state index contributed by atoms with van der Waals surface area (Å²) in [7, 11) is 1.39. The molecule has 30 heteroatoms. The maximum absolute atomic E-state index is 15.1. The van der Waals surface area contributed by atoms with Crippen LogP contribution in [0.15, 0.2) is 121 Å². The highest BCUT2D eigenvalue weighted by Gasteiger charge is 2.40. The number of ether oxygens (including phenoxy) is 4. The van der Waals surface area contributed by atoms with Gasteiger partial charge in [-0.25, -0.2) is 9.59 Å². The van der Waals surface area contributed by atoms with E-state index in [4.69, 9.17) is 30.4 Å². The molecule has 30 nitrogen and oxygen atoms in total. The fourth-order valence-corrected chi connectivity index (χ4v) is 11.1. The van der Waals surface area contributed by atoms with Crippen molar-refractivity contribution in [2.24, 2.45) is 17.4 Å². The largest absolute Gasteiger partial charge is 0.444 e. The van der Waals surface area contributed by atoms with Crippen LogP contribution in [0.1, 0.15) is 139 Å². The topological polar surface area (TPSA) is 436 Å². The molecule has 0 radical (unpaired) electrons. The predicted octanol–water partition coefficient (Wildman–Crippen LogP) is 3.64. The lowest BCUT2D eigenvalue weighted by molar-refractivity contribution is -0.141. The van der Waals surface area contributed by atoms with Crippen LogP contribution in [0.5, 0.6) is 0 Å². The Bertz CT molecular complexity index is 3920. The minimum Gasteiger partial charge on any atom is -0.444 e. The Morgan fingerprint density at radius 3 is 1.17 bits per heavy atom. The zero-order valence-corrected chi connectivity index (χ0v) is 63.9. The van der Waals surface area contributed by atoms with Crippen molar-refractivity contribution in [3.05, 3.63) is 144 Å². The number of amides is 12. The maximum atomic E-state index is 15.1. The van der Waals surface area contributed by atoms with Crippen LogP contribution in [0, 0.1) is 5.92 Å². The number of benzene rings is 4. The van der Waals surface area contributed by atoms with Gasteiger partial charge in [-0.05, 0) is 124 Å². The molecular formula is C77H107N13O17. The van der Waals surface area contributed by atoms with Gasteiger partial charge in [0.05, 0.1) is 42.3 Å². The standard InChI is InChI=1S/C77H107N13O17/c1-44(2)61(70(100)86-57(43-104-74(4,5)6)69(99)82-51(36-46-28-20-17-21-29-46)64(94)83-54(63(93)80-16)39-49-42-90(73(103)107-77(13,14)15)58-35-27-26-34-50(49)58)88-71(101)62(45(3)105-75(7,8)9)89-68(98)52(37-47-30-22-18-23-31-47)81-66(96)55(40-59(78)91)85-67(97)56(41-60(79)92)84-65(95)53(38-48-32-24-19-25-33-48)87-72(102)106-76(10,11)12/h17-35,42,44-45,51-57,61-62H,36-41,43H2,1-16H3,(H2,78,91)(H2,79,92)(H,80,93)(H,81,96)(H,82,99)(H,83,94)(H,84,95)(H,85,97)(H,86,100)(H,87,102)(H,88,101)(H,89,98)/t45-,51+,52+,53?,54?,55+,56+,57+,61+,62+/m1/s1. The minimum atomic E-state index is -1.90. The molecule has 0 spiro atoms. The second-order valence-corrected chi connectivity index (χ2v) is 30.4. The number of carbonyl (C=O) groups excluding carboxylic acids is 13. The van der Waals surface area contributed by atoms with Crippen LogP contribution in [-0.2, 0) is 97.4 Å². The van der Waals surface area contributed by atoms with Crippen molar-refractivity contribution in [1.82, 2.24) is 57.7 Å². The van der Waals surface area contributed by atoms with Gasteiger partial charge in [0, 0.05) is 44.3 Å². The van der Waals surface area contributed by atoms with E-state index in [0.717, 1.165) is 0 Å². The molecule has 5 rings (SSSR count). The summed E-state index contributed by atoms with van der Waals surface area (Å²) in [6.45, 7) is 24.4. The first kappa shape index (κ1) is 86.9. The highest BCUT2D eigenvalue weighted by molar-refractivity contribution is 6.01. The number of hydrogen-bond acceptors (Lipinski definition) is 17. The highest BCUT2D eigenvalue weighted by atomic mass is 16.6. The number of likely N-dealkylation sites (N-methyl/N-ethyl adjacent to an activating group) is 1. The number of para-hydroxylation sites is 1. The summed E-state index contributed by atoms with van der Waals surface area (Å²) >= 11 is 0. The van der Waals surface area contributed by atoms with Crippen molar-refractivity contribution < 1.29 is 81.3 Å². The summed E-state index contributed by atoms with van der Waals surface area (Å²) < 4.78 is 24.8. The summed E-state index contributed by atoms with van der Waals surface area (Å²) in [6, 6.07) is 18.3. The van der Waals surface area contributed by atoms with E-state index in [2.05, 4.69) is 53.2 Å². The molecule has 107 heavy (non-hydrogen) atoms. The molecule has 0 aliphatic carbocycles. The Morgan fingerprint density at radius 2 is 0.757 bits per heavy atom. The summed E-state index contributed by atoms with van der Waals surface area (Å²) in [4.78, 5) is 183. The fourth-order valence-electron chi connectivity index (χ4n) is 11.1. The SMILES string of the molecule is CNC(=O)C(Cc1cn(C(=O)OC(C)(C)C)c2ccccc12)NC(=O)[C@H](Cc1ccccc1)NC(=O)[C@H](COC(C)(C)C)NC(=O)[C@@H](NC(=O)[C@@H](NC(=O)[C@H](Cc1ccccc1)NC(=O)[C@H](CC(N)=O)NC(=O)[C@H](CC(N)=O)NC(=O)C(Cc1ccccc1)NC(=O)OC(C)(C)C)[C@@H](C)OC(C)(C)C)C(C)C. The van der Waals surface area contributed by atoms with Crippen LogP contribution >= 0.6 is 0 Å². The number of carbonyl (C=O) groups is 13. The van der Waals surface area contributed by atoms with Crippen molar-refractivity contribution in [3.63, 3.8) is 0 Å². The quantitative estimate of drug-likeness (QED) is 0.0275. The number of nitrogens with zero attached hydrogens (tertiary/aromatic N) is 1. The lowest BCUT2D eigenvalue weighted by Gasteiger charge is -2.33. The molecule has 582 valence electrons. The molecular weight excluding hydrogens is 1380 g/mol. The first-order chi connectivity index (χ1) is 49.9. The van der Waals surface area contributed by atoms with Gasteiger partial charge in [-0.15, -0.1) is 0 Å². The molecule has 0 aliphatic rings. The summed E-state index contributed by atoms with van der Waals surface area (Å²) in [5.74, 6) is -11.5. The molecule has 10 atom stereocenters. The van der Waals surface area contributed by atoms with Crippen LogP contribution in [-0.4, -0.2) is 178 Å².